The first-order chi connectivity index (χ1) is 14.5. The summed E-state index contributed by atoms with van der Waals surface area (Å²) in [5.41, 5.74) is -0.855. The van der Waals surface area contributed by atoms with Crippen LogP contribution >= 0.6 is 11.3 Å². The van der Waals surface area contributed by atoms with E-state index in [9.17, 15) is 14.7 Å². The fraction of sp³-hybridized carbons (Fsp3) is 0.217. The Morgan fingerprint density at radius 2 is 1.80 bits per heavy atom. The molecule has 0 saturated heterocycles. The van der Waals surface area contributed by atoms with Crippen LogP contribution < -0.4 is 14.4 Å². The van der Waals surface area contributed by atoms with Gasteiger partial charge < -0.3 is 19.5 Å². The maximum atomic E-state index is 13.2. The molecule has 1 N–H and O–H groups in total. The smallest absolute Gasteiger partial charge is 0.264 e. The molecule has 3 aromatic rings. The summed E-state index contributed by atoms with van der Waals surface area (Å²) in [5, 5.41) is 13.1. The number of benzene rings is 2. The van der Waals surface area contributed by atoms with Gasteiger partial charge in [-0.05, 0) is 29.6 Å². The zero-order valence-electron chi connectivity index (χ0n) is 16.4. The number of carbonyl (C=O) groups is 2. The summed E-state index contributed by atoms with van der Waals surface area (Å²) in [7, 11) is 1.56. The quantitative estimate of drug-likeness (QED) is 0.560. The molecule has 30 heavy (non-hydrogen) atoms. The molecule has 1 aliphatic heterocycles. The molecule has 0 bridgehead atoms. The lowest BCUT2D eigenvalue weighted by atomic mass is 9.89. The number of carbonyl (C=O) groups excluding carboxylic acids is 2. The van der Waals surface area contributed by atoms with Gasteiger partial charge in [-0.2, -0.15) is 0 Å². The van der Waals surface area contributed by atoms with E-state index in [1.165, 1.54) is 16.2 Å². The first-order valence-electron chi connectivity index (χ1n) is 9.51. The van der Waals surface area contributed by atoms with Crippen molar-refractivity contribution in [3.63, 3.8) is 0 Å². The maximum absolute atomic E-state index is 13.2. The Morgan fingerprint density at radius 1 is 1.07 bits per heavy atom. The van der Waals surface area contributed by atoms with E-state index in [0.717, 1.165) is 0 Å². The van der Waals surface area contributed by atoms with E-state index < -0.39 is 11.5 Å². The number of para-hydroxylation sites is 3. The van der Waals surface area contributed by atoms with Crippen molar-refractivity contribution in [2.24, 2.45) is 0 Å². The fourth-order valence-corrected chi connectivity index (χ4v) is 4.31. The van der Waals surface area contributed by atoms with Crippen LogP contribution in [-0.2, 0) is 10.4 Å². The number of amides is 1. The molecule has 2 heterocycles. The molecule has 4 rings (SSSR count). The minimum absolute atomic E-state index is 0.204. The standard InChI is InChI=1S/C23H21NO5S/c1-28-19-9-4-5-10-20(19)29-13-12-24-17-8-3-2-7-16(17)23(27,22(24)26)15-18(25)21-11-6-14-30-21/h2-11,14,27H,12-13,15H2,1H3/t23-/m1/s1. The zero-order chi connectivity index (χ0) is 21.1. The van der Waals surface area contributed by atoms with Gasteiger partial charge in [-0.15, -0.1) is 11.3 Å². The van der Waals surface area contributed by atoms with E-state index in [1.54, 1.807) is 61.0 Å². The lowest BCUT2D eigenvalue weighted by Gasteiger charge is -2.22. The van der Waals surface area contributed by atoms with Crippen LogP contribution in [0.25, 0.3) is 0 Å². The normalized spacial score (nSPS) is 17.7. The van der Waals surface area contributed by atoms with Gasteiger partial charge in [0, 0.05) is 5.56 Å². The molecule has 7 heteroatoms. The highest BCUT2D eigenvalue weighted by atomic mass is 32.1. The van der Waals surface area contributed by atoms with Crippen LogP contribution in [-0.4, -0.2) is 37.1 Å². The molecule has 0 radical (unpaired) electrons. The maximum Gasteiger partial charge on any atom is 0.264 e. The van der Waals surface area contributed by atoms with Crippen LogP contribution in [0.2, 0.25) is 0 Å². The van der Waals surface area contributed by atoms with Crippen LogP contribution in [0.15, 0.2) is 66.0 Å². The molecule has 0 spiro atoms. The lowest BCUT2D eigenvalue weighted by Crippen LogP contribution is -2.43. The SMILES string of the molecule is COc1ccccc1OCCN1C(=O)[C@@](O)(CC(=O)c2cccs2)c2ccccc21. The third-order valence-corrected chi connectivity index (χ3v) is 6.00. The van der Waals surface area contributed by atoms with Gasteiger partial charge in [-0.1, -0.05) is 36.4 Å². The Morgan fingerprint density at radius 3 is 2.53 bits per heavy atom. The van der Waals surface area contributed by atoms with E-state index in [1.807, 2.05) is 12.1 Å². The molecule has 1 aromatic heterocycles. The summed E-state index contributed by atoms with van der Waals surface area (Å²) < 4.78 is 11.1. The Bertz CT molecular complexity index is 1060. The number of rotatable bonds is 8. The van der Waals surface area contributed by atoms with Gasteiger partial charge in [0.25, 0.3) is 5.91 Å². The third-order valence-electron chi connectivity index (χ3n) is 5.09. The molecule has 0 fully saturated rings. The van der Waals surface area contributed by atoms with Crippen molar-refractivity contribution < 1.29 is 24.2 Å². The average Bonchev–Trinajstić information content (AvgIpc) is 3.37. The number of thiophene rings is 1. The molecule has 0 saturated carbocycles. The summed E-state index contributed by atoms with van der Waals surface area (Å²) in [5.74, 6) is 0.395. The second kappa shape index (κ2) is 8.30. The Hall–Kier alpha value is -3.16. The number of hydrogen-bond acceptors (Lipinski definition) is 6. The molecule has 0 unspecified atom stereocenters. The van der Waals surface area contributed by atoms with Crippen molar-refractivity contribution in [2.45, 2.75) is 12.0 Å². The predicted molar refractivity (Wildman–Crippen MR) is 114 cm³/mol. The number of fused-ring (bicyclic) bond motifs is 1. The van der Waals surface area contributed by atoms with Gasteiger partial charge in [-0.25, -0.2) is 0 Å². The number of nitrogens with zero attached hydrogens (tertiary/aromatic N) is 1. The molecule has 1 atom stereocenters. The number of ether oxygens (including phenoxy) is 2. The monoisotopic (exact) mass is 423 g/mol. The molecule has 6 nitrogen and oxygen atoms in total. The highest BCUT2D eigenvalue weighted by Gasteiger charge is 2.50. The van der Waals surface area contributed by atoms with Gasteiger partial charge in [0.2, 0.25) is 0 Å². The van der Waals surface area contributed by atoms with Crippen LogP contribution in [0.1, 0.15) is 21.7 Å². The van der Waals surface area contributed by atoms with Crippen molar-refractivity contribution in [1.29, 1.82) is 0 Å². The Kier molecular flexibility index (Phi) is 5.57. The average molecular weight is 423 g/mol. The zero-order valence-corrected chi connectivity index (χ0v) is 17.2. The number of Topliss-reactive ketones (excluding diaryl/α,β-unsaturated/α-hetero) is 1. The highest BCUT2D eigenvalue weighted by Crippen LogP contribution is 2.43. The minimum Gasteiger partial charge on any atom is -0.493 e. The molecular formula is C23H21NO5S. The lowest BCUT2D eigenvalue weighted by molar-refractivity contribution is -0.135. The second-order valence-electron chi connectivity index (χ2n) is 6.91. The van der Waals surface area contributed by atoms with E-state index >= 15 is 0 Å². The van der Waals surface area contributed by atoms with Crippen LogP contribution in [0.3, 0.4) is 0 Å². The Balaban J connectivity index is 1.53. The van der Waals surface area contributed by atoms with Crippen molar-refractivity contribution in [1.82, 2.24) is 0 Å². The molecule has 0 aliphatic carbocycles. The minimum atomic E-state index is -1.89. The van der Waals surface area contributed by atoms with E-state index in [-0.39, 0.29) is 25.4 Å². The van der Waals surface area contributed by atoms with Gasteiger partial charge in [-0.3, -0.25) is 9.59 Å². The second-order valence-corrected chi connectivity index (χ2v) is 7.86. The fourth-order valence-electron chi connectivity index (χ4n) is 3.64. The van der Waals surface area contributed by atoms with Crippen molar-refractivity contribution in [3.05, 3.63) is 76.5 Å². The van der Waals surface area contributed by atoms with Crippen LogP contribution in [0, 0.1) is 0 Å². The molecule has 2 aromatic carbocycles. The molecule has 1 amide bonds. The summed E-state index contributed by atoms with van der Waals surface area (Å²) in [4.78, 5) is 27.8. The van der Waals surface area contributed by atoms with Gasteiger partial charge in [0.05, 0.1) is 30.6 Å². The third kappa shape index (κ3) is 3.58. The number of aliphatic hydroxyl groups is 1. The van der Waals surface area contributed by atoms with Crippen molar-refractivity contribution in [3.8, 4) is 11.5 Å². The number of anilines is 1. The summed E-state index contributed by atoms with van der Waals surface area (Å²) in [6, 6.07) is 17.7. The van der Waals surface area contributed by atoms with Gasteiger partial charge in [0.1, 0.15) is 6.61 Å². The molecule has 154 valence electrons. The molecular weight excluding hydrogens is 402 g/mol. The van der Waals surface area contributed by atoms with Crippen LogP contribution in [0.5, 0.6) is 11.5 Å². The number of hydrogen-bond donors (Lipinski definition) is 1. The van der Waals surface area contributed by atoms with Crippen molar-refractivity contribution >= 4 is 28.7 Å². The summed E-state index contributed by atoms with van der Waals surface area (Å²) in [6.45, 7) is 0.429. The summed E-state index contributed by atoms with van der Waals surface area (Å²) in [6.07, 6.45) is -0.298. The topological polar surface area (TPSA) is 76.1 Å². The van der Waals surface area contributed by atoms with Crippen molar-refractivity contribution in [2.75, 3.05) is 25.2 Å². The van der Waals surface area contributed by atoms with Gasteiger partial charge >= 0.3 is 0 Å². The van der Waals surface area contributed by atoms with E-state index in [0.29, 0.717) is 27.6 Å². The summed E-state index contributed by atoms with van der Waals surface area (Å²) >= 11 is 1.29. The Labute approximate surface area is 178 Å². The number of methoxy groups -OCH3 is 1. The van der Waals surface area contributed by atoms with E-state index in [4.69, 9.17) is 9.47 Å². The number of ketones is 1. The highest BCUT2D eigenvalue weighted by molar-refractivity contribution is 7.12. The van der Waals surface area contributed by atoms with Gasteiger partial charge in [0.15, 0.2) is 22.9 Å². The first kappa shape index (κ1) is 20.1. The molecule has 1 aliphatic rings. The van der Waals surface area contributed by atoms with E-state index in [2.05, 4.69) is 0 Å². The first-order valence-corrected chi connectivity index (χ1v) is 10.4. The predicted octanol–water partition coefficient (Wildman–Crippen LogP) is 3.64. The van der Waals surface area contributed by atoms with Crippen LogP contribution in [0.4, 0.5) is 5.69 Å². The largest absolute Gasteiger partial charge is 0.493 e.